The van der Waals surface area contributed by atoms with Gasteiger partial charge in [0.25, 0.3) is 0 Å². The first-order chi connectivity index (χ1) is 9.70. The molecule has 0 N–H and O–H groups in total. The third kappa shape index (κ3) is 6.69. The molecule has 0 spiro atoms. The first-order valence-corrected chi connectivity index (χ1v) is 9.12. The van der Waals surface area contributed by atoms with E-state index < -0.39 is 14.0 Å². The van der Waals surface area contributed by atoms with Crippen LogP contribution in [-0.2, 0) is 9.05 Å². The van der Waals surface area contributed by atoms with Gasteiger partial charge < -0.3 is 4.74 Å². The summed E-state index contributed by atoms with van der Waals surface area (Å²) in [7, 11) is 1.59. The lowest BCUT2D eigenvalue weighted by atomic mass is 10.2. The van der Waals surface area contributed by atoms with Gasteiger partial charge in [0, 0.05) is 22.8 Å². The van der Waals surface area contributed by atoms with Crippen LogP contribution in [-0.4, -0.2) is 25.7 Å². The first-order valence-electron chi connectivity index (χ1n) is 5.89. The van der Waals surface area contributed by atoms with Gasteiger partial charge in [-0.2, -0.15) is 0 Å². The summed E-state index contributed by atoms with van der Waals surface area (Å²) in [5.41, 5.74) is -0.271. The molecule has 0 amide bonds. The fourth-order valence-electron chi connectivity index (χ4n) is 1.51. The molecule has 10 heteroatoms. The standard InChI is InChI=1S/C11H12Cl3NO5S/c12-8-6-10(15(16)17)11(7-9(8)13)20-4-2-1-3-5-21(14,18)19/h6-7H,1-5H2. The van der Waals surface area contributed by atoms with E-state index in [0.29, 0.717) is 19.3 Å². The number of halogens is 3. The molecule has 0 unspecified atom stereocenters. The number of ether oxygens (including phenoxy) is 1. The maximum Gasteiger partial charge on any atom is 0.312 e. The summed E-state index contributed by atoms with van der Waals surface area (Å²) in [4.78, 5) is 10.3. The van der Waals surface area contributed by atoms with Gasteiger partial charge in [0.2, 0.25) is 9.05 Å². The molecule has 0 aliphatic rings. The van der Waals surface area contributed by atoms with Gasteiger partial charge in [-0.05, 0) is 19.3 Å². The van der Waals surface area contributed by atoms with Crippen LogP contribution in [0, 0.1) is 10.1 Å². The molecule has 0 aromatic heterocycles. The normalized spacial score (nSPS) is 11.4. The van der Waals surface area contributed by atoms with Crippen molar-refractivity contribution in [2.75, 3.05) is 12.4 Å². The maximum absolute atomic E-state index is 10.9. The van der Waals surface area contributed by atoms with E-state index in [-0.39, 0.29) is 33.8 Å². The Morgan fingerprint density at radius 3 is 2.33 bits per heavy atom. The number of nitro groups is 1. The number of nitro benzene ring substituents is 1. The van der Waals surface area contributed by atoms with Gasteiger partial charge in [-0.3, -0.25) is 10.1 Å². The summed E-state index contributed by atoms with van der Waals surface area (Å²) in [6, 6.07) is 2.41. The van der Waals surface area contributed by atoms with E-state index >= 15 is 0 Å². The molecule has 6 nitrogen and oxygen atoms in total. The van der Waals surface area contributed by atoms with Crippen LogP contribution in [0.5, 0.6) is 5.75 Å². The number of rotatable bonds is 8. The summed E-state index contributed by atoms with van der Waals surface area (Å²) in [6.07, 6.45) is 1.50. The van der Waals surface area contributed by atoms with E-state index in [2.05, 4.69) is 0 Å². The van der Waals surface area contributed by atoms with E-state index in [1.165, 1.54) is 6.07 Å². The Kier molecular flexibility index (Phi) is 6.99. The second-order valence-electron chi connectivity index (χ2n) is 4.14. The van der Waals surface area contributed by atoms with E-state index in [9.17, 15) is 18.5 Å². The predicted molar refractivity (Wildman–Crippen MR) is 82.1 cm³/mol. The van der Waals surface area contributed by atoms with Gasteiger partial charge in [0.1, 0.15) is 0 Å². The molecule has 0 bridgehead atoms. The number of unbranched alkanes of at least 4 members (excludes halogenated alkanes) is 2. The highest BCUT2D eigenvalue weighted by Gasteiger charge is 2.18. The minimum Gasteiger partial charge on any atom is -0.487 e. The highest BCUT2D eigenvalue weighted by Crippen LogP contribution is 2.35. The molecule has 1 rings (SSSR count). The van der Waals surface area contributed by atoms with Crippen molar-refractivity contribution in [2.45, 2.75) is 19.3 Å². The summed E-state index contributed by atoms with van der Waals surface area (Å²) in [5.74, 6) is -0.0825. The summed E-state index contributed by atoms with van der Waals surface area (Å²) >= 11 is 11.5. The van der Waals surface area contributed by atoms with Gasteiger partial charge in [-0.15, -0.1) is 0 Å². The molecule has 0 aliphatic carbocycles. The van der Waals surface area contributed by atoms with Crippen LogP contribution in [0.3, 0.4) is 0 Å². The Morgan fingerprint density at radius 1 is 1.14 bits per heavy atom. The lowest BCUT2D eigenvalue weighted by molar-refractivity contribution is -0.385. The van der Waals surface area contributed by atoms with Crippen LogP contribution in [0.2, 0.25) is 10.0 Å². The first kappa shape index (κ1) is 18.3. The Morgan fingerprint density at radius 2 is 1.76 bits per heavy atom. The van der Waals surface area contributed by atoms with Crippen LogP contribution in [0.15, 0.2) is 12.1 Å². The molecule has 0 atom stereocenters. The molecule has 118 valence electrons. The van der Waals surface area contributed by atoms with Gasteiger partial charge in [0.05, 0.1) is 27.3 Å². The summed E-state index contributed by atoms with van der Waals surface area (Å²) in [6.45, 7) is 0.196. The summed E-state index contributed by atoms with van der Waals surface area (Å²) < 4.78 is 26.7. The predicted octanol–water partition coefficient (Wildman–Crippen LogP) is 4.02. The quantitative estimate of drug-likeness (QED) is 0.296. The Balaban J connectivity index is 2.52. The highest BCUT2D eigenvalue weighted by atomic mass is 35.7. The lowest BCUT2D eigenvalue weighted by Crippen LogP contribution is -2.02. The number of hydrogen-bond donors (Lipinski definition) is 0. The fourth-order valence-corrected chi connectivity index (χ4v) is 2.70. The largest absolute Gasteiger partial charge is 0.487 e. The van der Waals surface area contributed by atoms with Crippen LogP contribution >= 0.6 is 33.9 Å². The number of hydrogen-bond acceptors (Lipinski definition) is 5. The second kappa shape index (κ2) is 8.03. The fraction of sp³-hybridized carbons (Fsp3) is 0.455. The average Bonchev–Trinajstić information content (AvgIpc) is 2.35. The van der Waals surface area contributed by atoms with Crippen molar-refractivity contribution in [1.29, 1.82) is 0 Å². The van der Waals surface area contributed by atoms with Crippen molar-refractivity contribution in [3.8, 4) is 5.75 Å². The molecule has 0 fully saturated rings. The zero-order valence-corrected chi connectivity index (χ0v) is 13.8. The van der Waals surface area contributed by atoms with Crippen molar-refractivity contribution in [3.63, 3.8) is 0 Å². The van der Waals surface area contributed by atoms with E-state index in [1.54, 1.807) is 0 Å². The van der Waals surface area contributed by atoms with E-state index in [4.69, 9.17) is 38.6 Å². The number of benzene rings is 1. The van der Waals surface area contributed by atoms with Gasteiger partial charge in [-0.1, -0.05) is 23.2 Å². The second-order valence-corrected chi connectivity index (χ2v) is 7.85. The molecule has 1 aromatic rings. The minimum absolute atomic E-state index is 0.0272. The van der Waals surface area contributed by atoms with Gasteiger partial charge in [0.15, 0.2) is 5.75 Å². The maximum atomic E-state index is 10.9. The third-order valence-electron chi connectivity index (χ3n) is 2.49. The molecule has 0 aliphatic heterocycles. The zero-order chi connectivity index (χ0) is 16.0. The van der Waals surface area contributed by atoms with Crippen molar-refractivity contribution in [3.05, 3.63) is 32.3 Å². The molecule has 1 aromatic carbocycles. The highest BCUT2D eigenvalue weighted by molar-refractivity contribution is 8.13. The zero-order valence-electron chi connectivity index (χ0n) is 10.7. The monoisotopic (exact) mass is 375 g/mol. The molecule has 21 heavy (non-hydrogen) atoms. The lowest BCUT2D eigenvalue weighted by Gasteiger charge is -2.07. The van der Waals surface area contributed by atoms with Gasteiger partial charge >= 0.3 is 5.69 Å². The van der Waals surface area contributed by atoms with Gasteiger partial charge in [-0.25, -0.2) is 8.42 Å². The average molecular weight is 377 g/mol. The number of nitrogens with zero attached hydrogens (tertiary/aromatic N) is 1. The minimum atomic E-state index is -3.48. The third-order valence-corrected chi connectivity index (χ3v) is 4.45. The Hall–Kier alpha value is -0.760. The SMILES string of the molecule is O=[N+]([O-])c1cc(Cl)c(Cl)cc1OCCCCCS(=O)(=O)Cl. The molecule has 0 saturated heterocycles. The van der Waals surface area contributed by atoms with E-state index in [0.717, 1.165) is 6.07 Å². The van der Waals surface area contributed by atoms with Crippen LogP contribution in [0.4, 0.5) is 5.69 Å². The molecule has 0 saturated carbocycles. The van der Waals surface area contributed by atoms with Crippen molar-refractivity contribution in [1.82, 2.24) is 0 Å². The van der Waals surface area contributed by atoms with Crippen molar-refractivity contribution in [2.24, 2.45) is 0 Å². The smallest absolute Gasteiger partial charge is 0.312 e. The van der Waals surface area contributed by atoms with Crippen LogP contribution in [0.1, 0.15) is 19.3 Å². The van der Waals surface area contributed by atoms with Crippen LogP contribution in [0.25, 0.3) is 0 Å². The van der Waals surface area contributed by atoms with E-state index in [1.807, 2.05) is 0 Å². The van der Waals surface area contributed by atoms with Crippen LogP contribution < -0.4 is 4.74 Å². The molecular formula is C11H12Cl3NO5S. The molecular weight excluding hydrogens is 365 g/mol. The Bertz CT molecular complexity index is 621. The topological polar surface area (TPSA) is 86.5 Å². The molecule has 0 radical (unpaired) electrons. The summed E-state index contributed by atoms with van der Waals surface area (Å²) in [5, 5.41) is 11.1. The molecule has 0 heterocycles. The van der Waals surface area contributed by atoms with Crippen molar-refractivity contribution < 1.29 is 18.1 Å². The Labute approximate surface area is 136 Å². The van der Waals surface area contributed by atoms with Crippen molar-refractivity contribution >= 4 is 48.6 Å².